The lowest BCUT2D eigenvalue weighted by atomic mass is 10.0. The van der Waals surface area contributed by atoms with Crippen LogP contribution in [0.1, 0.15) is 11.1 Å². The summed E-state index contributed by atoms with van der Waals surface area (Å²) in [5.74, 6) is 0.787. The van der Waals surface area contributed by atoms with Gasteiger partial charge in [0.2, 0.25) is 0 Å². The average Bonchev–Trinajstić information content (AvgIpc) is 2.83. The van der Waals surface area contributed by atoms with Crippen LogP contribution in [0.25, 0.3) is 11.1 Å². The Kier molecular flexibility index (Phi) is 6.63. The molecule has 0 aliphatic carbocycles. The third-order valence-electron chi connectivity index (χ3n) is 4.87. The molecule has 3 aromatic carbocycles. The number of pyridine rings is 1. The number of hydrogen-bond acceptors (Lipinski definition) is 4. The quantitative estimate of drug-likeness (QED) is 0.354. The van der Waals surface area contributed by atoms with Gasteiger partial charge in [-0.3, -0.25) is 4.98 Å². The van der Waals surface area contributed by atoms with E-state index in [-0.39, 0.29) is 6.03 Å². The van der Waals surface area contributed by atoms with E-state index in [2.05, 4.69) is 15.6 Å². The molecule has 6 nitrogen and oxygen atoms in total. The molecule has 2 amide bonds. The fourth-order valence-corrected chi connectivity index (χ4v) is 3.24. The van der Waals surface area contributed by atoms with E-state index in [1.807, 2.05) is 84.9 Å². The lowest BCUT2D eigenvalue weighted by Gasteiger charge is -2.13. The van der Waals surface area contributed by atoms with E-state index >= 15 is 0 Å². The first-order valence-electron chi connectivity index (χ1n) is 10.3. The molecule has 32 heavy (non-hydrogen) atoms. The molecule has 1 aromatic heterocycles. The lowest BCUT2D eigenvalue weighted by Crippen LogP contribution is -2.28. The minimum Gasteiger partial charge on any atom is -0.488 e. The van der Waals surface area contributed by atoms with Crippen molar-refractivity contribution < 1.29 is 9.53 Å². The van der Waals surface area contributed by atoms with Gasteiger partial charge in [0.15, 0.2) is 0 Å². The number of carbonyl (C=O) groups excluding carboxylic acids is 1. The predicted octanol–water partition coefficient (Wildman–Crippen LogP) is 5.23. The number of rotatable bonds is 7. The molecule has 160 valence electrons. The summed E-state index contributed by atoms with van der Waals surface area (Å²) < 4.78 is 6.08. The van der Waals surface area contributed by atoms with E-state index in [0.717, 1.165) is 28.0 Å². The second-order valence-corrected chi connectivity index (χ2v) is 7.28. The van der Waals surface area contributed by atoms with Crippen LogP contribution in [0, 0.1) is 0 Å². The number of nitrogens with two attached hydrogens (primary N) is 1. The number of urea groups is 1. The highest BCUT2D eigenvalue weighted by molar-refractivity contribution is 5.89. The molecule has 0 unspecified atom stereocenters. The number of aromatic nitrogens is 1. The largest absolute Gasteiger partial charge is 0.488 e. The summed E-state index contributed by atoms with van der Waals surface area (Å²) in [5, 5.41) is 5.64. The molecular weight excluding hydrogens is 400 g/mol. The molecule has 0 aliphatic rings. The number of nitrogens with zero attached hydrogens (tertiary/aromatic N) is 1. The summed E-state index contributed by atoms with van der Waals surface area (Å²) in [5.41, 5.74) is 11.3. The van der Waals surface area contributed by atoms with Crippen LogP contribution in [0.5, 0.6) is 5.75 Å². The first-order chi connectivity index (χ1) is 15.7. The number of benzene rings is 3. The average molecular weight is 425 g/mol. The zero-order valence-electron chi connectivity index (χ0n) is 17.5. The summed E-state index contributed by atoms with van der Waals surface area (Å²) in [4.78, 5) is 16.1. The van der Waals surface area contributed by atoms with Crippen LogP contribution in [0.4, 0.5) is 16.2 Å². The highest BCUT2D eigenvalue weighted by Crippen LogP contribution is 2.31. The van der Waals surface area contributed by atoms with Crippen LogP contribution in [0.15, 0.2) is 97.3 Å². The number of ether oxygens (including phenoxy) is 1. The Morgan fingerprint density at radius 2 is 1.75 bits per heavy atom. The fourth-order valence-electron chi connectivity index (χ4n) is 3.24. The standard InChI is InChI=1S/C26H24N4O2/c27-22-7-3-6-21(15-22)24-8-1-2-9-25(24)32-18-19-10-12-23(13-11-19)30-26(31)29-17-20-5-4-14-28-16-20/h1-16H,17-18,27H2,(H2,29,30,31). The minimum absolute atomic E-state index is 0.270. The molecule has 0 aliphatic heterocycles. The molecule has 6 heteroatoms. The molecule has 0 spiro atoms. The predicted molar refractivity (Wildman–Crippen MR) is 127 cm³/mol. The van der Waals surface area contributed by atoms with Gasteiger partial charge in [-0.1, -0.05) is 48.5 Å². The van der Waals surface area contributed by atoms with Gasteiger partial charge < -0.3 is 21.1 Å². The Labute approximate surface area is 187 Å². The van der Waals surface area contributed by atoms with Gasteiger partial charge in [-0.2, -0.15) is 0 Å². The molecular formula is C26H24N4O2. The third-order valence-corrected chi connectivity index (χ3v) is 4.87. The van der Waals surface area contributed by atoms with E-state index in [1.165, 1.54) is 0 Å². The third kappa shape index (κ3) is 5.64. The zero-order chi connectivity index (χ0) is 22.2. The first kappa shape index (κ1) is 20.9. The van der Waals surface area contributed by atoms with E-state index in [1.54, 1.807) is 12.4 Å². The molecule has 0 fully saturated rings. The van der Waals surface area contributed by atoms with Gasteiger partial charge in [0.05, 0.1) is 0 Å². The van der Waals surface area contributed by atoms with Crippen LogP contribution >= 0.6 is 0 Å². The van der Waals surface area contributed by atoms with Gasteiger partial charge in [-0.15, -0.1) is 0 Å². The summed E-state index contributed by atoms with van der Waals surface area (Å²) in [6.07, 6.45) is 3.42. The highest BCUT2D eigenvalue weighted by atomic mass is 16.5. The van der Waals surface area contributed by atoms with Crippen molar-refractivity contribution in [1.29, 1.82) is 0 Å². The van der Waals surface area contributed by atoms with Crippen molar-refractivity contribution in [3.8, 4) is 16.9 Å². The van der Waals surface area contributed by atoms with Crippen molar-refractivity contribution in [1.82, 2.24) is 10.3 Å². The summed E-state index contributed by atoms with van der Waals surface area (Å²) in [6.45, 7) is 0.824. The second kappa shape index (κ2) is 10.1. The van der Waals surface area contributed by atoms with Gasteiger partial charge in [0, 0.05) is 35.9 Å². The van der Waals surface area contributed by atoms with Gasteiger partial charge in [-0.25, -0.2) is 4.79 Å². The molecule has 4 rings (SSSR count). The number of para-hydroxylation sites is 1. The minimum atomic E-state index is -0.270. The van der Waals surface area contributed by atoms with Crippen molar-refractivity contribution in [2.24, 2.45) is 0 Å². The Hall–Kier alpha value is -4.32. The number of nitrogens with one attached hydrogen (secondary N) is 2. The number of amides is 2. The maximum atomic E-state index is 12.1. The Morgan fingerprint density at radius 1 is 0.906 bits per heavy atom. The fraction of sp³-hybridized carbons (Fsp3) is 0.0769. The van der Waals surface area contributed by atoms with E-state index in [9.17, 15) is 4.79 Å². The van der Waals surface area contributed by atoms with Gasteiger partial charge in [0.1, 0.15) is 12.4 Å². The van der Waals surface area contributed by atoms with Crippen molar-refractivity contribution in [2.75, 3.05) is 11.1 Å². The van der Waals surface area contributed by atoms with Crippen molar-refractivity contribution in [3.63, 3.8) is 0 Å². The number of hydrogen-bond donors (Lipinski definition) is 3. The van der Waals surface area contributed by atoms with Crippen LogP contribution < -0.4 is 21.1 Å². The molecule has 0 saturated heterocycles. The van der Waals surface area contributed by atoms with Gasteiger partial charge in [0.25, 0.3) is 0 Å². The zero-order valence-corrected chi connectivity index (χ0v) is 17.5. The SMILES string of the molecule is Nc1cccc(-c2ccccc2OCc2ccc(NC(=O)NCc3cccnc3)cc2)c1. The van der Waals surface area contributed by atoms with Gasteiger partial charge in [-0.05, 0) is 53.1 Å². The molecule has 0 radical (unpaired) electrons. The summed E-state index contributed by atoms with van der Waals surface area (Å²) >= 11 is 0. The van der Waals surface area contributed by atoms with E-state index < -0.39 is 0 Å². The summed E-state index contributed by atoms with van der Waals surface area (Å²) in [6, 6.07) is 26.7. The maximum Gasteiger partial charge on any atom is 0.319 e. The molecule has 0 bridgehead atoms. The van der Waals surface area contributed by atoms with Crippen molar-refractivity contribution >= 4 is 17.4 Å². The molecule has 0 saturated carbocycles. The van der Waals surface area contributed by atoms with Crippen molar-refractivity contribution in [3.05, 3.63) is 108 Å². The Balaban J connectivity index is 1.33. The van der Waals surface area contributed by atoms with Gasteiger partial charge >= 0.3 is 6.03 Å². The Bertz CT molecular complexity index is 1180. The molecule has 0 atom stereocenters. The number of anilines is 2. The van der Waals surface area contributed by atoms with Crippen LogP contribution in [-0.2, 0) is 13.2 Å². The number of carbonyl (C=O) groups is 1. The second-order valence-electron chi connectivity index (χ2n) is 7.28. The Morgan fingerprint density at radius 3 is 2.53 bits per heavy atom. The maximum absolute atomic E-state index is 12.1. The van der Waals surface area contributed by atoms with Crippen LogP contribution in [0.2, 0.25) is 0 Å². The van der Waals surface area contributed by atoms with Crippen molar-refractivity contribution in [2.45, 2.75) is 13.2 Å². The van der Waals surface area contributed by atoms with E-state index in [0.29, 0.717) is 24.5 Å². The molecule has 4 N–H and O–H groups in total. The monoisotopic (exact) mass is 424 g/mol. The highest BCUT2D eigenvalue weighted by Gasteiger charge is 2.07. The smallest absolute Gasteiger partial charge is 0.319 e. The molecule has 1 heterocycles. The number of nitrogen functional groups attached to an aromatic ring is 1. The normalized spacial score (nSPS) is 10.4. The van der Waals surface area contributed by atoms with E-state index in [4.69, 9.17) is 10.5 Å². The van der Waals surface area contributed by atoms with Crippen LogP contribution in [0.3, 0.4) is 0 Å². The summed E-state index contributed by atoms with van der Waals surface area (Å²) in [7, 11) is 0. The first-order valence-corrected chi connectivity index (χ1v) is 10.3. The lowest BCUT2D eigenvalue weighted by molar-refractivity contribution is 0.251. The topological polar surface area (TPSA) is 89.3 Å². The van der Waals surface area contributed by atoms with Crippen LogP contribution in [-0.4, -0.2) is 11.0 Å². The molecule has 4 aromatic rings.